The Kier molecular flexibility index (Phi) is 4.02. The van der Waals surface area contributed by atoms with Crippen LogP contribution in [0.4, 0.5) is 11.4 Å². The van der Waals surface area contributed by atoms with Crippen LogP contribution in [0.3, 0.4) is 0 Å². The van der Waals surface area contributed by atoms with Crippen molar-refractivity contribution in [1.29, 1.82) is 0 Å². The van der Waals surface area contributed by atoms with Crippen molar-refractivity contribution in [2.24, 2.45) is 5.92 Å². The summed E-state index contributed by atoms with van der Waals surface area (Å²) < 4.78 is 0. The van der Waals surface area contributed by atoms with E-state index < -0.39 is 16.8 Å². The highest BCUT2D eigenvalue weighted by molar-refractivity contribution is 5.99. The largest absolute Gasteiger partial charge is 0.481 e. The van der Waals surface area contributed by atoms with Gasteiger partial charge in [-0.25, -0.2) is 0 Å². The predicted octanol–water partition coefficient (Wildman–Crippen LogP) is 2.66. The number of non-ortho nitro benzene ring substituents is 1. The van der Waals surface area contributed by atoms with Crippen molar-refractivity contribution >= 4 is 28.1 Å². The van der Waals surface area contributed by atoms with E-state index in [1.807, 2.05) is 0 Å². The lowest BCUT2D eigenvalue weighted by atomic mass is 10.0. The number of fused-ring (bicyclic) bond motifs is 1. The van der Waals surface area contributed by atoms with Gasteiger partial charge in [0.25, 0.3) is 5.69 Å². The molecule has 0 aliphatic rings. The zero-order chi connectivity index (χ0) is 15.6. The molecule has 21 heavy (non-hydrogen) atoms. The average Bonchev–Trinajstić information content (AvgIpc) is 2.46. The Morgan fingerprint density at radius 2 is 2.05 bits per heavy atom. The predicted molar refractivity (Wildman–Crippen MR) is 78.3 cm³/mol. The van der Waals surface area contributed by atoms with Crippen LogP contribution in [-0.2, 0) is 4.79 Å². The van der Waals surface area contributed by atoms with Crippen molar-refractivity contribution < 1.29 is 14.8 Å². The zero-order valence-electron chi connectivity index (χ0n) is 11.6. The number of nitrogens with zero attached hydrogens (tertiary/aromatic N) is 2. The van der Waals surface area contributed by atoms with Crippen molar-refractivity contribution in [3.8, 4) is 0 Å². The van der Waals surface area contributed by atoms with Crippen LogP contribution in [0, 0.1) is 16.0 Å². The summed E-state index contributed by atoms with van der Waals surface area (Å²) in [5, 5.41) is 24.2. The standard InChI is InChI=1S/C14H15N3O4/c1-8(14(18)19)9(2)16-12-3-4-13(17(20)21)10-5-6-15-7-11(10)12/h3-9,16H,1-2H3,(H,18,19). The second-order valence-corrected chi connectivity index (χ2v) is 4.87. The first-order valence-corrected chi connectivity index (χ1v) is 6.42. The van der Waals surface area contributed by atoms with E-state index in [1.54, 1.807) is 26.0 Å². The minimum atomic E-state index is -0.903. The summed E-state index contributed by atoms with van der Waals surface area (Å²) in [6, 6.07) is 4.23. The fourth-order valence-electron chi connectivity index (χ4n) is 2.04. The van der Waals surface area contributed by atoms with Crippen LogP contribution in [0.25, 0.3) is 10.8 Å². The smallest absolute Gasteiger partial charge is 0.308 e. The number of aromatic nitrogens is 1. The molecule has 2 aromatic rings. The van der Waals surface area contributed by atoms with Crippen LogP contribution in [0.1, 0.15) is 13.8 Å². The molecule has 7 nitrogen and oxygen atoms in total. The summed E-state index contributed by atoms with van der Waals surface area (Å²) in [5.41, 5.74) is 0.626. The molecule has 1 heterocycles. The number of carboxylic acid groups (broad SMARTS) is 1. The molecule has 2 unspecified atom stereocenters. The Morgan fingerprint density at radius 3 is 2.67 bits per heavy atom. The minimum absolute atomic E-state index is 0.00288. The number of benzene rings is 1. The summed E-state index contributed by atoms with van der Waals surface area (Å²) in [4.78, 5) is 25.6. The summed E-state index contributed by atoms with van der Waals surface area (Å²) in [6.07, 6.45) is 3.02. The Hall–Kier alpha value is -2.70. The average molecular weight is 289 g/mol. The number of nitro benzene ring substituents is 1. The van der Waals surface area contributed by atoms with E-state index in [4.69, 9.17) is 5.11 Å². The molecule has 0 saturated heterocycles. The van der Waals surface area contributed by atoms with E-state index in [-0.39, 0.29) is 11.7 Å². The molecule has 0 spiro atoms. The lowest BCUT2D eigenvalue weighted by Gasteiger charge is -2.20. The van der Waals surface area contributed by atoms with Crippen molar-refractivity contribution in [1.82, 2.24) is 4.98 Å². The van der Waals surface area contributed by atoms with Crippen LogP contribution in [0.15, 0.2) is 30.6 Å². The summed E-state index contributed by atoms with van der Waals surface area (Å²) in [5.74, 6) is -1.49. The summed E-state index contributed by atoms with van der Waals surface area (Å²) in [6.45, 7) is 3.36. The number of nitro groups is 1. The molecule has 0 aliphatic carbocycles. The maximum Gasteiger partial charge on any atom is 0.308 e. The fourth-order valence-corrected chi connectivity index (χ4v) is 2.04. The lowest BCUT2D eigenvalue weighted by Crippen LogP contribution is -2.29. The van der Waals surface area contributed by atoms with Crippen molar-refractivity contribution in [2.75, 3.05) is 5.32 Å². The molecule has 1 aromatic carbocycles. The van der Waals surface area contributed by atoms with Crippen LogP contribution in [0.5, 0.6) is 0 Å². The summed E-state index contributed by atoms with van der Waals surface area (Å²) >= 11 is 0. The highest BCUT2D eigenvalue weighted by Gasteiger charge is 2.21. The molecule has 110 valence electrons. The number of anilines is 1. The third-order valence-corrected chi connectivity index (χ3v) is 3.51. The van der Waals surface area contributed by atoms with E-state index in [0.717, 1.165) is 0 Å². The number of carbonyl (C=O) groups is 1. The monoisotopic (exact) mass is 289 g/mol. The topological polar surface area (TPSA) is 105 Å². The number of aliphatic carboxylic acids is 1. The number of hydrogen-bond acceptors (Lipinski definition) is 5. The first-order chi connectivity index (χ1) is 9.91. The van der Waals surface area contributed by atoms with Gasteiger partial charge in [0.15, 0.2) is 0 Å². The molecule has 1 aromatic heterocycles. The molecule has 0 bridgehead atoms. The highest BCUT2D eigenvalue weighted by atomic mass is 16.6. The Balaban J connectivity index is 2.44. The number of carboxylic acids is 1. The maximum atomic E-state index is 11.0. The molecule has 2 N–H and O–H groups in total. The van der Waals surface area contributed by atoms with Gasteiger partial charge >= 0.3 is 5.97 Å². The second-order valence-electron chi connectivity index (χ2n) is 4.87. The number of hydrogen-bond donors (Lipinski definition) is 2. The van der Waals surface area contributed by atoms with Gasteiger partial charge in [-0.3, -0.25) is 19.9 Å². The van der Waals surface area contributed by atoms with E-state index in [1.165, 1.54) is 18.5 Å². The lowest BCUT2D eigenvalue weighted by molar-refractivity contribution is -0.383. The molecular formula is C14H15N3O4. The minimum Gasteiger partial charge on any atom is -0.481 e. The normalized spacial score (nSPS) is 13.6. The second kappa shape index (κ2) is 5.74. The summed E-state index contributed by atoms with van der Waals surface area (Å²) in [7, 11) is 0. The van der Waals surface area contributed by atoms with Crippen LogP contribution in [-0.4, -0.2) is 27.0 Å². The first-order valence-electron chi connectivity index (χ1n) is 6.42. The van der Waals surface area contributed by atoms with Crippen molar-refractivity contribution in [3.63, 3.8) is 0 Å². The third-order valence-electron chi connectivity index (χ3n) is 3.51. The van der Waals surface area contributed by atoms with Gasteiger partial charge in [0.2, 0.25) is 0 Å². The number of rotatable bonds is 5. The maximum absolute atomic E-state index is 11.0. The van der Waals surface area contributed by atoms with Gasteiger partial charge < -0.3 is 10.4 Å². The Morgan fingerprint density at radius 1 is 1.33 bits per heavy atom. The molecule has 0 radical (unpaired) electrons. The van der Waals surface area contributed by atoms with E-state index in [2.05, 4.69) is 10.3 Å². The molecule has 0 fully saturated rings. The molecule has 7 heteroatoms. The van der Waals surface area contributed by atoms with E-state index in [9.17, 15) is 14.9 Å². The van der Waals surface area contributed by atoms with Crippen LogP contribution >= 0.6 is 0 Å². The number of nitrogens with one attached hydrogen (secondary N) is 1. The van der Waals surface area contributed by atoms with Crippen molar-refractivity contribution in [3.05, 3.63) is 40.7 Å². The quantitative estimate of drug-likeness (QED) is 0.647. The highest BCUT2D eigenvalue weighted by Crippen LogP contribution is 2.31. The van der Waals surface area contributed by atoms with E-state index >= 15 is 0 Å². The van der Waals surface area contributed by atoms with Gasteiger partial charge in [-0.15, -0.1) is 0 Å². The molecule has 2 atom stereocenters. The van der Waals surface area contributed by atoms with Gasteiger partial charge in [0.05, 0.1) is 16.2 Å². The van der Waals surface area contributed by atoms with Gasteiger partial charge in [-0.05, 0) is 26.0 Å². The molecule has 0 saturated carbocycles. The van der Waals surface area contributed by atoms with Gasteiger partial charge in [-0.1, -0.05) is 0 Å². The van der Waals surface area contributed by atoms with E-state index in [0.29, 0.717) is 16.5 Å². The van der Waals surface area contributed by atoms with Crippen molar-refractivity contribution in [2.45, 2.75) is 19.9 Å². The zero-order valence-corrected chi connectivity index (χ0v) is 11.6. The van der Waals surface area contributed by atoms with Gasteiger partial charge in [0, 0.05) is 35.6 Å². The molecular weight excluding hydrogens is 274 g/mol. The molecule has 2 rings (SSSR count). The van der Waals surface area contributed by atoms with Gasteiger partial charge in [-0.2, -0.15) is 0 Å². The Bertz CT molecular complexity index is 702. The van der Waals surface area contributed by atoms with Crippen LogP contribution in [0.2, 0.25) is 0 Å². The third kappa shape index (κ3) is 2.91. The first kappa shape index (κ1) is 14.7. The number of pyridine rings is 1. The molecule has 0 amide bonds. The molecule has 0 aliphatic heterocycles. The SMILES string of the molecule is CC(Nc1ccc([N+](=O)[O-])c2ccncc12)C(C)C(=O)O. The van der Waals surface area contributed by atoms with Crippen LogP contribution < -0.4 is 5.32 Å². The van der Waals surface area contributed by atoms with Gasteiger partial charge in [0.1, 0.15) is 0 Å². The fraction of sp³-hybridized carbons (Fsp3) is 0.286. The Labute approximate surface area is 120 Å².